The summed E-state index contributed by atoms with van der Waals surface area (Å²) in [5.41, 5.74) is 4.58. The number of carbonyl (C=O) groups is 1. The van der Waals surface area contributed by atoms with E-state index in [1.54, 1.807) is 4.90 Å². The molecule has 186 valence electrons. The summed E-state index contributed by atoms with van der Waals surface area (Å²) in [6, 6.07) is 13.7. The first-order valence-electron chi connectivity index (χ1n) is 12.0. The Morgan fingerprint density at radius 2 is 1.83 bits per heavy atom. The fourth-order valence-electron chi connectivity index (χ4n) is 4.99. The van der Waals surface area contributed by atoms with Crippen molar-refractivity contribution in [3.8, 4) is 0 Å². The summed E-state index contributed by atoms with van der Waals surface area (Å²) in [6.45, 7) is 3.84. The summed E-state index contributed by atoms with van der Waals surface area (Å²) < 4.78 is 20.0. The van der Waals surface area contributed by atoms with E-state index in [1.807, 2.05) is 42.5 Å². The van der Waals surface area contributed by atoms with Gasteiger partial charge in [0.05, 0.1) is 19.4 Å². The van der Waals surface area contributed by atoms with E-state index in [2.05, 4.69) is 25.5 Å². The molecule has 2 aromatic carbocycles. The number of fused-ring (bicyclic) bond motifs is 2. The molecule has 1 spiro atoms. The monoisotopic (exact) mass is 508 g/mol. The van der Waals surface area contributed by atoms with Crippen molar-refractivity contribution in [3.05, 3.63) is 60.0 Å². The van der Waals surface area contributed by atoms with Crippen molar-refractivity contribution >= 4 is 52.0 Å². The minimum absolute atomic E-state index is 0.0458. The van der Waals surface area contributed by atoms with E-state index < -0.39 is 5.82 Å². The number of anilines is 6. The Bertz CT molecular complexity index is 1290. The number of nitrogens with zero attached hydrogens (tertiary/aromatic N) is 4. The van der Waals surface area contributed by atoms with Crippen LogP contribution >= 0.6 is 11.6 Å². The molecule has 1 aromatic heterocycles. The van der Waals surface area contributed by atoms with Gasteiger partial charge in [0, 0.05) is 47.8 Å². The molecule has 2 fully saturated rings. The molecule has 3 aliphatic rings. The summed E-state index contributed by atoms with van der Waals surface area (Å²) in [6.07, 6.45) is 3.25. The summed E-state index contributed by atoms with van der Waals surface area (Å²) in [5.74, 6) is -0.452. The van der Waals surface area contributed by atoms with Gasteiger partial charge >= 0.3 is 0 Å². The maximum Gasteiger partial charge on any atom is 0.241 e. The molecule has 0 radical (unpaired) electrons. The van der Waals surface area contributed by atoms with Crippen molar-refractivity contribution in [3.63, 3.8) is 0 Å². The topological polar surface area (TPSA) is 82.6 Å². The van der Waals surface area contributed by atoms with E-state index in [1.165, 1.54) is 0 Å². The Balaban J connectivity index is 1.19. The van der Waals surface area contributed by atoms with Gasteiger partial charge in [0.25, 0.3) is 0 Å². The molecule has 0 unspecified atom stereocenters. The highest BCUT2D eigenvalue weighted by molar-refractivity contribution is 6.29. The summed E-state index contributed by atoms with van der Waals surface area (Å²) in [5, 5.41) is 6.19. The Morgan fingerprint density at radius 1 is 1.08 bits per heavy atom. The summed E-state index contributed by atoms with van der Waals surface area (Å²) >= 11 is 5.85. The molecule has 8 nitrogen and oxygen atoms in total. The second-order valence-electron chi connectivity index (χ2n) is 9.41. The van der Waals surface area contributed by atoms with Crippen molar-refractivity contribution in [1.82, 2.24) is 9.97 Å². The van der Waals surface area contributed by atoms with Crippen LogP contribution in [0.4, 0.5) is 38.9 Å². The summed E-state index contributed by atoms with van der Waals surface area (Å²) in [4.78, 5) is 24.9. The highest BCUT2D eigenvalue weighted by Crippen LogP contribution is 2.57. The Hall–Kier alpha value is -3.43. The Morgan fingerprint density at radius 3 is 2.56 bits per heavy atom. The van der Waals surface area contributed by atoms with E-state index >= 15 is 0 Å². The highest BCUT2D eigenvalue weighted by Gasteiger charge is 2.52. The van der Waals surface area contributed by atoms with Crippen molar-refractivity contribution < 1.29 is 13.9 Å². The zero-order valence-electron chi connectivity index (χ0n) is 19.6. The second-order valence-corrected chi connectivity index (χ2v) is 9.68. The number of aromatic nitrogens is 2. The predicted octanol–water partition coefficient (Wildman–Crippen LogP) is 4.56. The number of carbonyl (C=O) groups excluding carboxylic acids is 1. The quantitative estimate of drug-likeness (QED) is 0.472. The molecular weight excluding hydrogens is 483 g/mol. The highest BCUT2D eigenvalue weighted by atomic mass is 35.5. The van der Waals surface area contributed by atoms with Crippen LogP contribution in [0.5, 0.6) is 0 Å². The van der Waals surface area contributed by atoms with Gasteiger partial charge in [0.15, 0.2) is 11.6 Å². The molecule has 1 saturated carbocycles. The maximum atomic E-state index is 14.6. The van der Waals surface area contributed by atoms with E-state index in [0.29, 0.717) is 12.2 Å². The van der Waals surface area contributed by atoms with E-state index in [4.69, 9.17) is 16.3 Å². The molecule has 0 atom stereocenters. The molecule has 3 aromatic rings. The smallest absolute Gasteiger partial charge is 0.241 e. The first-order valence-corrected chi connectivity index (χ1v) is 12.6. The number of hydrogen-bond acceptors (Lipinski definition) is 7. The SMILES string of the molecule is O=C(CCl)N1CC2(CC2)c2ccc(Nc3nc(Nc4ccc(N5CCOCC5)cc4)ncc3F)cc21. The third-order valence-electron chi connectivity index (χ3n) is 7.10. The number of ether oxygens (including phenoxy) is 1. The number of benzene rings is 2. The van der Waals surface area contributed by atoms with Crippen molar-refractivity contribution in [1.29, 1.82) is 0 Å². The number of hydrogen-bond donors (Lipinski definition) is 2. The zero-order chi connectivity index (χ0) is 24.7. The molecule has 2 aliphatic heterocycles. The first-order chi connectivity index (χ1) is 17.5. The largest absolute Gasteiger partial charge is 0.378 e. The van der Waals surface area contributed by atoms with Crippen LogP contribution in [0.15, 0.2) is 48.7 Å². The molecule has 36 heavy (non-hydrogen) atoms. The van der Waals surface area contributed by atoms with Crippen molar-refractivity contribution in [2.45, 2.75) is 18.3 Å². The second kappa shape index (κ2) is 9.22. The van der Waals surface area contributed by atoms with E-state index in [9.17, 15) is 9.18 Å². The molecule has 1 amide bonds. The van der Waals surface area contributed by atoms with Crippen LogP contribution in [-0.4, -0.2) is 54.6 Å². The Labute approximate surface area is 213 Å². The van der Waals surface area contributed by atoms with Gasteiger partial charge in [-0.05, 0) is 54.8 Å². The molecular formula is C26H26ClFN6O2. The van der Waals surface area contributed by atoms with Crippen molar-refractivity contribution in [2.75, 3.05) is 59.2 Å². The lowest BCUT2D eigenvalue weighted by molar-refractivity contribution is -0.116. The number of nitrogens with one attached hydrogen (secondary N) is 2. The molecule has 3 heterocycles. The molecule has 6 rings (SSSR count). The molecule has 1 saturated heterocycles. The molecule has 0 bridgehead atoms. The fraction of sp³-hybridized carbons (Fsp3) is 0.346. The van der Waals surface area contributed by atoms with Gasteiger partial charge in [-0.1, -0.05) is 6.07 Å². The molecule has 1 aliphatic carbocycles. The van der Waals surface area contributed by atoms with Gasteiger partial charge in [-0.2, -0.15) is 4.98 Å². The van der Waals surface area contributed by atoms with Crippen LogP contribution in [0, 0.1) is 5.82 Å². The number of morpholine rings is 1. The standard InChI is InChI=1S/C26H26ClFN6O2/c27-14-23(35)34-16-26(7-8-26)20-6-3-18(13-22(20)34)30-24-21(28)15-29-25(32-24)31-17-1-4-19(5-2-17)33-9-11-36-12-10-33/h1-6,13,15H,7-12,14,16H2,(H2,29,30,31,32). The van der Waals surface area contributed by atoms with Crippen LogP contribution in [0.2, 0.25) is 0 Å². The van der Waals surface area contributed by atoms with Crippen LogP contribution in [0.3, 0.4) is 0 Å². The first kappa shape index (κ1) is 23.0. The number of amides is 1. The zero-order valence-corrected chi connectivity index (χ0v) is 20.4. The lowest BCUT2D eigenvalue weighted by atomic mass is 9.98. The number of alkyl halides is 1. The van der Waals surface area contributed by atoms with Gasteiger partial charge in [-0.15, -0.1) is 11.6 Å². The predicted molar refractivity (Wildman–Crippen MR) is 138 cm³/mol. The van der Waals surface area contributed by atoms with Gasteiger partial charge in [0.1, 0.15) is 5.88 Å². The molecule has 10 heteroatoms. The number of rotatable bonds is 6. The average Bonchev–Trinajstić information content (AvgIpc) is 3.63. The number of halogens is 2. The minimum Gasteiger partial charge on any atom is -0.378 e. The Kier molecular flexibility index (Phi) is 5.89. The third-order valence-corrected chi connectivity index (χ3v) is 7.32. The minimum atomic E-state index is -0.573. The van der Waals surface area contributed by atoms with Gasteiger partial charge < -0.3 is 25.2 Å². The van der Waals surface area contributed by atoms with Crippen LogP contribution in [0.1, 0.15) is 18.4 Å². The fourth-order valence-corrected chi connectivity index (χ4v) is 5.13. The average molecular weight is 509 g/mol. The van der Waals surface area contributed by atoms with Gasteiger partial charge in [-0.3, -0.25) is 4.79 Å². The lowest BCUT2D eigenvalue weighted by Crippen LogP contribution is -2.36. The van der Waals surface area contributed by atoms with Gasteiger partial charge in [0.2, 0.25) is 11.9 Å². The maximum absolute atomic E-state index is 14.6. The van der Waals surface area contributed by atoms with Crippen LogP contribution in [-0.2, 0) is 14.9 Å². The van der Waals surface area contributed by atoms with Gasteiger partial charge in [-0.25, -0.2) is 9.37 Å². The normalized spacial score (nSPS) is 17.7. The van der Waals surface area contributed by atoms with E-state index in [-0.39, 0.29) is 29.0 Å². The van der Waals surface area contributed by atoms with Crippen LogP contribution in [0.25, 0.3) is 0 Å². The molecule has 2 N–H and O–H groups in total. The third kappa shape index (κ3) is 4.33. The van der Waals surface area contributed by atoms with E-state index in [0.717, 1.165) is 68.0 Å². The van der Waals surface area contributed by atoms with Crippen molar-refractivity contribution in [2.24, 2.45) is 0 Å². The summed E-state index contributed by atoms with van der Waals surface area (Å²) in [7, 11) is 0. The lowest BCUT2D eigenvalue weighted by Gasteiger charge is -2.28. The van der Waals surface area contributed by atoms with Crippen LogP contribution < -0.4 is 20.4 Å².